The van der Waals surface area contributed by atoms with Crippen molar-refractivity contribution in [1.29, 1.82) is 0 Å². The number of aliphatic hydroxyl groups is 1. The van der Waals surface area contributed by atoms with Crippen LogP contribution < -0.4 is 27.2 Å². The average Bonchev–Trinajstić information content (AvgIpc) is 2.57. The van der Waals surface area contributed by atoms with E-state index in [0.717, 1.165) is 11.2 Å². The quantitative estimate of drug-likeness (QED) is 0.250. The summed E-state index contributed by atoms with van der Waals surface area (Å²) in [6, 6.07) is 6.94. The van der Waals surface area contributed by atoms with Crippen molar-refractivity contribution >= 4 is 23.1 Å². The van der Waals surface area contributed by atoms with Gasteiger partial charge in [-0.2, -0.15) is 5.12 Å². The zero-order chi connectivity index (χ0) is 18.4. The number of ether oxygens (including phenoxy) is 1. The summed E-state index contributed by atoms with van der Waals surface area (Å²) in [5.74, 6) is 5.46. The second kappa shape index (κ2) is 8.58. The molecule has 0 aliphatic heterocycles. The normalized spacial score (nSPS) is 12.8. The van der Waals surface area contributed by atoms with Crippen molar-refractivity contribution in [2.75, 3.05) is 11.7 Å². The first kappa shape index (κ1) is 18.9. The molecule has 1 aromatic carbocycles. The summed E-state index contributed by atoms with van der Waals surface area (Å²) in [4.78, 5) is 3.77. The van der Waals surface area contributed by atoms with Crippen LogP contribution in [0.3, 0.4) is 0 Å². The van der Waals surface area contributed by atoms with Crippen LogP contribution in [0.4, 0.5) is 10.1 Å². The average molecular weight is 369 g/mol. The molecule has 0 radical (unpaired) electrons. The number of nitrogens with two attached hydrogens (primary N) is 3. The van der Waals surface area contributed by atoms with E-state index in [1.165, 1.54) is 6.20 Å². The summed E-state index contributed by atoms with van der Waals surface area (Å²) in [5, 5.41) is 14.1. The Hall–Kier alpha value is -2.46. The van der Waals surface area contributed by atoms with E-state index in [4.69, 9.17) is 38.8 Å². The van der Waals surface area contributed by atoms with Crippen molar-refractivity contribution in [3.05, 3.63) is 47.4 Å². The van der Waals surface area contributed by atoms with E-state index in [2.05, 4.69) is 10.1 Å². The van der Waals surface area contributed by atoms with Crippen LogP contribution in [-0.4, -0.2) is 28.6 Å². The van der Waals surface area contributed by atoms with Gasteiger partial charge in [0.05, 0.1) is 17.3 Å². The Morgan fingerprint density at radius 1 is 1.40 bits per heavy atom. The first-order valence-corrected chi connectivity index (χ1v) is 7.60. The summed E-state index contributed by atoms with van der Waals surface area (Å²) in [5.41, 5.74) is 11.8. The zero-order valence-corrected chi connectivity index (χ0v) is 13.9. The summed E-state index contributed by atoms with van der Waals surface area (Å²) >= 11 is 5.64. The molecule has 1 heterocycles. The van der Waals surface area contributed by atoms with Crippen LogP contribution in [-0.2, 0) is 0 Å². The molecule has 0 aliphatic rings. The minimum Gasteiger partial charge on any atom is -0.436 e. The van der Waals surface area contributed by atoms with Gasteiger partial charge in [-0.15, -0.1) is 5.10 Å². The van der Waals surface area contributed by atoms with Crippen LogP contribution in [0.2, 0.25) is 5.02 Å². The molecule has 2 aromatic rings. The summed E-state index contributed by atoms with van der Waals surface area (Å²) in [6.07, 6.45) is 1.48. The van der Waals surface area contributed by atoms with Gasteiger partial charge in [-0.3, -0.25) is 0 Å². The van der Waals surface area contributed by atoms with Crippen molar-refractivity contribution < 1.29 is 14.2 Å². The largest absolute Gasteiger partial charge is 0.436 e. The van der Waals surface area contributed by atoms with Crippen LogP contribution in [0, 0.1) is 5.82 Å². The first-order valence-electron chi connectivity index (χ1n) is 7.22. The molecule has 0 amide bonds. The van der Waals surface area contributed by atoms with Crippen molar-refractivity contribution in [1.82, 2.24) is 4.98 Å². The Kier molecular flexibility index (Phi) is 6.48. The van der Waals surface area contributed by atoms with Crippen molar-refractivity contribution in [3.63, 3.8) is 0 Å². The van der Waals surface area contributed by atoms with E-state index in [0.29, 0.717) is 11.4 Å². The van der Waals surface area contributed by atoms with Gasteiger partial charge in [0, 0.05) is 18.7 Å². The minimum absolute atomic E-state index is 0.176. The first-order chi connectivity index (χ1) is 11.9. The number of halogens is 2. The lowest BCUT2D eigenvalue weighted by atomic mass is 10.2. The number of nitrogens with zero attached hydrogens (tertiary/aromatic N) is 3. The topological polar surface area (TPSA) is 136 Å². The Balaban J connectivity index is 2.05. The number of rotatable bonds is 7. The van der Waals surface area contributed by atoms with E-state index < -0.39 is 11.9 Å². The highest BCUT2D eigenvalue weighted by Crippen LogP contribution is 2.25. The van der Waals surface area contributed by atoms with Gasteiger partial charge in [0.2, 0.25) is 0 Å². The van der Waals surface area contributed by atoms with Gasteiger partial charge >= 0.3 is 0 Å². The van der Waals surface area contributed by atoms with Gasteiger partial charge in [0.15, 0.2) is 5.82 Å². The van der Waals surface area contributed by atoms with E-state index in [1.807, 2.05) is 0 Å². The van der Waals surface area contributed by atoms with Crippen molar-refractivity contribution in [2.24, 2.45) is 22.4 Å². The van der Waals surface area contributed by atoms with Crippen LogP contribution in [0.25, 0.3) is 0 Å². The fourth-order valence-electron chi connectivity index (χ4n) is 1.83. The van der Waals surface area contributed by atoms with Gasteiger partial charge in [0.1, 0.15) is 11.6 Å². The highest BCUT2D eigenvalue weighted by molar-refractivity contribution is 6.30. The van der Waals surface area contributed by atoms with E-state index in [-0.39, 0.29) is 29.8 Å². The van der Waals surface area contributed by atoms with Gasteiger partial charge in [0.25, 0.3) is 5.88 Å². The molecule has 1 unspecified atom stereocenters. The Bertz CT molecular complexity index is 743. The number of hydrazine groups is 1. The number of benzene rings is 1. The molecule has 0 saturated heterocycles. The number of aromatic nitrogens is 1. The summed E-state index contributed by atoms with van der Waals surface area (Å²) in [7, 11) is 0. The molecule has 0 aliphatic carbocycles. The number of anilines is 1. The summed E-state index contributed by atoms with van der Waals surface area (Å²) < 4.78 is 19.0. The van der Waals surface area contributed by atoms with Crippen molar-refractivity contribution in [3.8, 4) is 11.6 Å². The molecule has 0 bridgehead atoms. The highest BCUT2D eigenvalue weighted by Gasteiger charge is 2.09. The monoisotopic (exact) mass is 368 g/mol. The molecule has 2 rings (SSSR count). The maximum absolute atomic E-state index is 13.7. The van der Waals surface area contributed by atoms with Crippen LogP contribution >= 0.6 is 11.6 Å². The van der Waals surface area contributed by atoms with Crippen molar-refractivity contribution in [2.45, 2.75) is 12.5 Å². The molecular weight excluding hydrogens is 351 g/mol. The molecule has 25 heavy (non-hydrogen) atoms. The number of pyridine rings is 1. The fraction of sp³-hybridized carbons (Fsp3) is 0.200. The maximum Gasteiger partial charge on any atom is 0.255 e. The molecule has 134 valence electrons. The van der Waals surface area contributed by atoms with E-state index in [9.17, 15) is 4.39 Å². The second-order valence-electron chi connectivity index (χ2n) is 5.12. The van der Waals surface area contributed by atoms with Crippen LogP contribution in [0.1, 0.15) is 6.42 Å². The number of hydrogen-bond donors (Lipinski definition) is 4. The molecule has 0 fully saturated rings. The maximum atomic E-state index is 13.7. The molecular formula is C15H18ClFN6O2. The molecule has 10 heteroatoms. The third kappa shape index (κ3) is 5.54. The molecule has 0 spiro atoms. The zero-order valence-electron chi connectivity index (χ0n) is 13.1. The molecule has 1 atom stereocenters. The van der Waals surface area contributed by atoms with Gasteiger partial charge in [-0.25, -0.2) is 15.2 Å². The Labute approximate surface area is 148 Å². The molecule has 8 nitrogen and oxygen atoms in total. The Morgan fingerprint density at radius 2 is 2.08 bits per heavy atom. The lowest BCUT2D eigenvalue weighted by molar-refractivity contribution is 0.268. The Morgan fingerprint density at radius 3 is 2.68 bits per heavy atom. The third-order valence-corrected chi connectivity index (χ3v) is 3.24. The predicted molar refractivity (Wildman–Crippen MR) is 93.7 cm³/mol. The molecule has 1 aromatic heterocycles. The van der Waals surface area contributed by atoms with E-state index in [1.54, 1.807) is 24.3 Å². The smallest absolute Gasteiger partial charge is 0.255 e. The standard InChI is InChI=1S/C15H18ClFN6O2/c16-9-5-13(17)15(21-7-9)25-12-3-1-11(2-4-12)23(20)22-14(19)6-10(18)8-24/h1-5,7,10,24H,6,8,18,20H2,(H2,19,22). The van der Waals surface area contributed by atoms with Crippen LogP contribution in [0.5, 0.6) is 11.6 Å². The van der Waals surface area contributed by atoms with Crippen LogP contribution in [0.15, 0.2) is 41.6 Å². The van der Waals surface area contributed by atoms with Gasteiger partial charge in [-0.05, 0) is 30.3 Å². The summed E-state index contributed by atoms with van der Waals surface area (Å²) in [6.45, 7) is -0.206. The molecule has 7 N–H and O–H groups in total. The SMILES string of the molecule is N/C(CC(N)CO)=N\N(N)c1ccc(Oc2ncc(Cl)cc2F)cc1. The van der Waals surface area contributed by atoms with Gasteiger partial charge < -0.3 is 21.3 Å². The number of aliphatic hydroxyl groups excluding tert-OH is 1. The lowest BCUT2D eigenvalue weighted by Crippen LogP contribution is -2.34. The number of hydrazone groups is 1. The molecule has 0 saturated carbocycles. The number of hydrogen-bond acceptors (Lipinski definition) is 7. The highest BCUT2D eigenvalue weighted by atomic mass is 35.5. The lowest BCUT2D eigenvalue weighted by Gasteiger charge is -2.15. The second-order valence-corrected chi connectivity index (χ2v) is 5.56. The minimum atomic E-state index is -0.672. The fourth-order valence-corrected chi connectivity index (χ4v) is 1.97. The number of amidine groups is 1. The van der Waals surface area contributed by atoms with E-state index >= 15 is 0 Å². The third-order valence-electron chi connectivity index (χ3n) is 3.03. The van der Waals surface area contributed by atoms with Gasteiger partial charge in [-0.1, -0.05) is 11.6 Å². The predicted octanol–water partition coefficient (Wildman–Crippen LogP) is 1.33.